The molecule has 1 aromatic heterocycles. The number of carbonyl (C=O) groups excluding carboxylic acids is 1. The van der Waals surface area contributed by atoms with Crippen molar-refractivity contribution < 1.29 is 14.7 Å². The summed E-state index contributed by atoms with van der Waals surface area (Å²) in [7, 11) is 3.35. The fourth-order valence-corrected chi connectivity index (χ4v) is 3.69. The van der Waals surface area contributed by atoms with Crippen molar-refractivity contribution in [3.63, 3.8) is 0 Å². The largest absolute Gasteiger partial charge is 0.478 e. The average Bonchev–Trinajstić information content (AvgIpc) is 2.81. The molecule has 0 bridgehead atoms. The molecule has 0 aliphatic rings. The highest BCUT2D eigenvalue weighted by Crippen LogP contribution is 2.28. The molecule has 1 amide bonds. The van der Waals surface area contributed by atoms with Crippen LogP contribution in [0.3, 0.4) is 0 Å². The molecule has 0 spiro atoms. The van der Waals surface area contributed by atoms with Crippen molar-refractivity contribution in [2.75, 3.05) is 25.3 Å². The number of amidine groups is 1. The Bertz CT molecular complexity index is 1380. The van der Waals surface area contributed by atoms with E-state index in [0.717, 1.165) is 5.56 Å². The minimum Gasteiger partial charge on any atom is -0.478 e. The number of nitrogens with one attached hydrogen (secondary N) is 3. The van der Waals surface area contributed by atoms with E-state index in [1.54, 1.807) is 38.4 Å². The first-order valence-corrected chi connectivity index (χ1v) is 11.1. The molecule has 2 aromatic carbocycles. The van der Waals surface area contributed by atoms with E-state index >= 15 is 0 Å². The predicted octanol–water partition coefficient (Wildman–Crippen LogP) is 1.94. The zero-order chi connectivity index (χ0) is 26.6. The number of nitrogen functional groups attached to an aromatic ring is 2. The minimum atomic E-state index is -1.19. The van der Waals surface area contributed by atoms with Gasteiger partial charge in [0.2, 0.25) is 5.91 Å². The van der Waals surface area contributed by atoms with Gasteiger partial charge in [-0.05, 0) is 29.8 Å². The zero-order valence-electron chi connectivity index (χ0n) is 19.6. The van der Waals surface area contributed by atoms with Gasteiger partial charge >= 0.3 is 5.97 Å². The van der Waals surface area contributed by atoms with Crippen molar-refractivity contribution >= 4 is 40.7 Å². The van der Waals surface area contributed by atoms with Crippen LogP contribution in [0, 0.1) is 5.41 Å². The van der Waals surface area contributed by atoms with E-state index in [1.165, 1.54) is 33.8 Å². The minimum absolute atomic E-state index is 0.0559. The molecule has 3 aromatic rings. The smallest absolute Gasteiger partial charge is 0.335 e. The SMILES string of the molecule is CN(C)Nc1c(Cl)cc(-c2cc(N)cc(C(=O)O)c2)n(CC(=O)NCc2ccc(C(=N)N)cc2)c1=O. The Morgan fingerprint density at radius 1 is 1.11 bits per heavy atom. The summed E-state index contributed by atoms with van der Waals surface area (Å²) < 4.78 is 1.20. The molecule has 3 rings (SSSR count). The summed E-state index contributed by atoms with van der Waals surface area (Å²) in [5.41, 5.74) is 15.6. The van der Waals surface area contributed by atoms with Gasteiger partial charge in [0.15, 0.2) is 0 Å². The number of aromatic carboxylic acids is 1. The summed E-state index contributed by atoms with van der Waals surface area (Å²) in [6.45, 7) is -0.185. The van der Waals surface area contributed by atoms with Gasteiger partial charge in [-0.15, -0.1) is 0 Å². The van der Waals surface area contributed by atoms with E-state index in [2.05, 4.69) is 10.7 Å². The van der Waals surface area contributed by atoms with Crippen LogP contribution in [-0.4, -0.2) is 46.5 Å². The molecule has 12 heteroatoms. The van der Waals surface area contributed by atoms with Crippen LogP contribution in [0.5, 0.6) is 0 Å². The third-order valence-electron chi connectivity index (χ3n) is 5.14. The normalized spacial score (nSPS) is 10.8. The number of carboxylic acids is 1. The van der Waals surface area contributed by atoms with Gasteiger partial charge in [-0.2, -0.15) is 0 Å². The van der Waals surface area contributed by atoms with Gasteiger partial charge < -0.3 is 27.3 Å². The molecule has 0 saturated heterocycles. The number of halogens is 1. The van der Waals surface area contributed by atoms with Crippen LogP contribution in [-0.2, 0) is 17.9 Å². The second kappa shape index (κ2) is 10.9. The molecule has 1 heterocycles. The summed E-state index contributed by atoms with van der Waals surface area (Å²) in [6, 6.07) is 12.4. The van der Waals surface area contributed by atoms with Gasteiger partial charge in [0, 0.05) is 37.5 Å². The zero-order valence-corrected chi connectivity index (χ0v) is 20.4. The number of hydrogen-bond acceptors (Lipinski definition) is 7. The molecule has 0 unspecified atom stereocenters. The molecular formula is C24H26ClN7O4. The maximum absolute atomic E-state index is 13.4. The second-order valence-electron chi connectivity index (χ2n) is 8.19. The van der Waals surface area contributed by atoms with Crippen molar-refractivity contribution in [3.05, 3.63) is 80.6 Å². The van der Waals surface area contributed by atoms with Crippen LogP contribution in [0.1, 0.15) is 21.5 Å². The van der Waals surface area contributed by atoms with Crippen molar-refractivity contribution in [2.24, 2.45) is 5.73 Å². The summed E-state index contributed by atoms with van der Waals surface area (Å²) in [5.74, 6) is -1.72. The van der Waals surface area contributed by atoms with Gasteiger partial charge in [0.1, 0.15) is 18.1 Å². The molecule has 0 aliphatic carbocycles. The second-order valence-corrected chi connectivity index (χ2v) is 8.59. The van der Waals surface area contributed by atoms with Crippen LogP contribution in [0.2, 0.25) is 5.02 Å². The predicted molar refractivity (Wildman–Crippen MR) is 139 cm³/mol. The van der Waals surface area contributed by atoms with E-state index in [1.807, 2.05) is 0 Å². The number of benzene rings is 2. The number of hydrazine groups is 1. The summed E-state index contributed by atoms with van der Waals surface area (Å²) in [6.07, 6.45) is 0. The Hall–Kier alpha value is -4.35. The third-order valence-corrected chi connectivity index (χ3v) is 5.44. The van der Waals surface area contributed by atoms with Gasteiger partial charge in [-0.3, -0.25) is 19.6 Å². The number of nitrogens with zero attached hydrogens (tertiary/aromatic N) is 2. The van der Waals surface area contributed by atoms with E-state index in [4.69, 9.17) is 28.5 Å². The molecule has 188 valence electrons. The van der Waals surface area contributed by atoms with Crippen molar-refractivity contribution in [1.82, 2.24) is 14.9 Å². The molecule has 0 radical (unpaired) electrons. The van der Waals surface area contributed by atoms with Crippen LogP contribution in [0.4, 0.5) is 11.4 Å². The fraction of sp³-hybridized carbons (Fsp3) is 0.167. The Labute approximate surface area is 211 Å². The maximum Gasteiger partial charge on any atom is 0.335 e. The highest BCUT2D eigenvalue weighted by molar-refractivity contribution is 6.33. The number of carboxylic acid groups (broad SMARTS) is 1. The Morgan fingerprint density at radius 3 is 2.36 bits per heavy atom. The number of aromatic nitrogens is 1. The summed E-state index contributed by atoms with van der Waals surface area (Å²) in [5, 5.41) is 21.2. The summed E-state index contributed by atoms with van der Waals surface area (Å²) in [4.78, 5) is 37.8. The Balaban J connectivity index is 1.98. The fourth-order valence-electron chi connectivity index (χ4n) is 3.46. The maximum atomic E-state index is 13.4. The first-order valence-electron chi connectivity index (χ1n) is 10.7. The van der Waals surface area contributed by atoms with Crippen LogP contribution in [0.15, 0.2) is 53.3 Å². The quantitative estimate of drug-likeness (QED) is 0.109. The van der Waals surface area contributed by atoms with Gasteiger partial charge in [0.05, 0.1) is 16.3 Å². The standard InChI is InChI=1S/C24H26ClN7O4/c1-31(2)30-21-18(25)10-19(15-7-16(24(35)36)9-17(26)8-15)32(23(21)34)12-20(33)29-11-13-3-5-14(6-4-13)22(27)28/h3-10,30H,11-12,26H2,1-2H3,(H3,27,28)(H,29,33)(H,35,36). The van der Waals surface area contributed by atoms with E-state index < -0.39 is 17.4 Å². The van der Waals surface area contributed by atoms with Crippen LogP contribution in [0.25, 0.3) is 11.3 Å². The van der Waals surface area contributed by atoms with Crippen LogP contribution >= 0.6 is 11.6 Å². The van der Waals surface area contributed by atoms with Crippen molar-refractivity contribution in [2.45, 2.75) is 13.1 Å². The molecule has 0 aliphatic heterocycles. The Kier molecular flexibility index (Phi) is 7.97. The molecule has 11 nitrogen and oxygen atoms in total. The van der Waals surface area contributed by atoms with Crippen molar-refractivity contribution in [3.8, 4) is 11.3 Å². The number of carbonyl (C=O) groups is 2. The monoisotopic (exact) mass is 511 g/mol. The number of nitrogens with two attached hydrogens (primary N) is 2. The van der Waals surface area contributed by atoms with Gasteiger partial charge in [0.25, 0.3) is 5.56 Å². The average molecular weight is 512 g/mol. The number of rotatable bonds is 9. The van der Waals surface area contributed by atoms with Gasteiger partial charge in [-0.1, -0.05) is 35.9 Å². The number of amides is 1. The van der Waals surface area contributed by atoms with E-state index in [0.29, 0.717) is 11.1 Å². The topological polar surface area (TPSA) is 180 Å². The van der Waals surface area contributed by atoms with E-state index in [-0.39, 0.29) is 46.6 Å². The lowest BCUT2D eigenvalue weighted by Crippen LogP contribution is -2.35. The Morgan fingerprint density at radius 2 is 1.78 bits per heavy atom. The van der Waals surface area contributed by atoms with Gasteiger partial charge in [-0.25, -0.2) is 9.80 Å². The lowest BCUT2D eigenvalue weighted by molar-refractivity contribution is -0.121. The highest BCUT2D eigenvalue weighted by atomic mass is 35.5. The number of pyridine rings is 1. The molecule has 36 heavy (non-hydrogen) atoms. The number of hydrogen-bond donors (Lipinski definition) is 6. The summed E-state index contributed by atoms with van der Waals surface area (Å²) >= 11 is 6.38. The van der Waals surface area contributed by atoms with Crippen LogP contribution < -0.4 is 27.8 Å². The first-order chi connectivity index (χ1) is 17.0. The molecule has 0 fully saturated rings. The number of anilines is 2. The molecule has 8 N–H and O–H groups in total. The molecular weight excluding hydrogens is 486 g/mol. The van der Waals surface area contributed by atoms with Crippen molar-refractivity contribution in [1.29, 1.82) is 5.41 Å². The van der Waals surface area contributed by atoms with E-state index in [9.17, 15) is 19.5 Å². The molecule has 0 saturated carbocycles. The lowest BCUT2D eigenvalue weighted by atomic mass is 10.1. The first kappa shape index (κ1) is 26.3. The third kappa shape index (κ3) is 6.20. The highest BCUT2D eigenvalue weighted by Gasteiger charge is 2.19. The molecule has 0 atom stereocenters. The lowest BCUT2D eigenvalue weighted by Gasteiger charge is -2.20.